The normalized spacial score (nSPS) is 29.0. The summed E-state index contributed by atoms with van der Waals surface area (Å²) in [6, 6.07) is 1.33. The Morgan fingerprint density at radius 1 is 0.952 bits per heavy atom. The Kier molecular flexibility index (Phi) is 5.53. The fraction of sp³-hybridized carbons (Fsp3) is 0.941. The molecule has 1 amide bonds. The van der Waals surface area contributed by atoms with Crippen LogP contribution >= 0.6 is 0 Å². The lowest BCUT2D eigenvalue weighted by molar-refractivity contribution is -0.133. The molecule has 0 aromatic heterocycles. The van der Waals surface area contributed by atoms with E-state index >= 15 is 0 Å². The molecule has 1 unspecified atom stereocenters. The van der Waals surface area contributed by atoms with Crippen molar-refractivity contribution in [3.8, 4) is 0 Å². The van der Waals surface area contributed by atoms with Gasteiger partial charge in [0.2, 0.25) is 5.91 Å². The molecular weight excluding hydrogens is 262 g/mol. The van der Waals surface area contributed by atoms with E-state index in [0.717, 1.165) is 38.5 Å². The van der Waals surface area contributed by atoms with Crippen LogP contribution in [0.3, 0.4) is 0 Å². The maximum absolute atomic E-state index is 12.4. The van der Waals surface area contributed by atoms with Gasteiger partial charge in [-0.05, 0) is 64.6 Å². The fourth-order valence-electron chi connectivity index (χ4n) is 4.21. The highest BCUT2D eigenvalue weighted by Gasteiger charge is 2.28. The monoisotopic (exact) mass is 293 g/mol. The molecule has 0 spiro atoms. The van der Waals surface area contributed by atoms with E-state index < -0.39 is 0 Å². The summed E-state index contributed by atoms with van der Waals surface area (Å²) in [5.74, 6) is 0.391. The third-order valence-corrected chi connectivity index (χ3v) is 5.59. The molecule has 1 atom stereocenters. The topological polar surface area (TPSA) is 35.6 Å². The van der Waals surface area contributed by atoms with E-state index in [1.165, 1.54) is 58.0 Å². The minimum absolute atomic E-state index is 0.391. The summed E-state index contributed by atoms with van der Waals surface area (Å²) in [5.41, 5.74) is 0. The van der Waals surface area contributed by atoms with E-state index in [2.05, 4.69) is 15.1 Å². The van der Waals surface area contributed by atoms with Crippen LogP contribution < -0.4 is 5.32 Å². The van der Waals surface area contributed by atoms with Crippen molar-refractivity contribution < 1.29 is 4.79 Å². The number of carbonyl (C=O) groups is 1. The van der Waals surface area contributed by atoms with Crippen LogP contribution in [0, 0.1) is 0 Å². The molecule has 4 nitrogen and oxygen atoms in total. The van der Waals surface area contributed by atoms with E-state index in [-0.39, 0.29) is 0 Å². The number of piperidine rings is 2. The van der Waals surface area contributed by atoms with Crippen LogP contribution in [0.4, 0.5) is 0 Å². The standard InChI is InChI=1S/C17H31N3O/c21-17(7-6-15-5-1-2-10-18-15)20-13-8-16(9-14-20)19-11-3-4-12-19/h15-16,18H,1-14H2. The smallest absolute Gasteiger partial charge is 0.222 e. The Bertz CT molecular complexity index is 327. The van der Waals surface area contributed by atoms with Gasteiger partial charge < -0.3 is 15.1 Å². The van der Waals surface area contributed by atoms with Gasteiger partial charge in [0, 0.05) is 31.6 Å². The molecule has 3 aliphatic rings. The second kappa shape index (κ2) is 7.59. The summed E-state index contributed by atoms with van der Waals surface area (Å²) in [5, 5.41) is 3.54. The molecule has 1 N–H and O–H groups in total. The van der Waals surface area contributed by atoms with Crippen molar-refractivity contribution in [1.82, 2.24) is 15.1 Å². The van der Waals surface area contributed by atoms with Gasteiger partial charge in [0.05, 0.1) is 0 Å². The SMILES string of the molecule is O=C(CCC1CCCCN1)N1CCC(N2CCCC2)CC1. The Morgan fingerprint density at radius 3 is 2.38 bits per heavy atom. The lowest BCUT2D eigenvalue weighted by atomic mass is 9.99. The number of hydrogen-bond donors (Lipinski definition) is 1. The van der Waals surface area contributed by atoms with Gasteiger partial charge in [-0.3, -0.25) is 4.79 Å². The Labute approximate surface area is 129 Å². The van der Waals surface area contributed by atoms with Gasteiger partial charge in [0.25, 0.3) is 0 Å². The molecule has 3 rings (SSSR count). The maximum atomic E-state index is 12.4. The summed E-state index contributed by atoms with van der Waals surface area (Å²) in [4.78, 5) is 17.1. The van der Waals surface area contributed by atoms with Crippen molar-refractivity contribution in [2.75, 3.05) is 32.7 Å². The highest BCUT2D eigenvalue weighted by molar-refractivity contribution is 5.76. The van der Waals surface area contributed by atoms with Crippen molar-refractivity contribution in [2.24, 2.45) is 0 Å². The molecule has 4 heteroatoms. The van der Waals surface area contributed by atoms with Gasteiger partial charge in [-0.2, -0.15) is 0 Å². The maximum Gasteiger partial charge on any atom is 0.222 e. The summed E-state index contributed by atoms with van der Waals surface area (Å²) in [6.45, 7) is 5.67. The first-order valence-corrected chi connectivity index (χ1v) is 9.08. The van der Waals surface area contributed by atoms with E-state index in [4.69, 9.17) is 0 Å². The third-order valence-electron chi connectivity index (χ3n) is 5.59. The number of nitrogens with one attached hydrogen (secondary N) is 1. The van der Waals surface area contributed by atoms with Crippen LogP contribution in [0.5, 0.6) is 0 Å². The Hall–Kier alpha value is -0.610. The van der Waals surface area contributed by atoms with E-state index in [1.807, 2.05) is 0 Å². The van der Waals surface area contributed by atoms with Crippen molar-refractivity contribution in [1.29, 1.82) is 0 Å². The zero-order valence-electron chi connectivity index (χ0n) is 13.4. The first-order chi connectivity index (χ1) is 10.3. The predicted molar refractivity (Wildman–Crippen MR) is 85.3 cm³/mol. The van der Waals surface area contributed by atoms with Gasteiger partial charge in [0.1, 0.15) is 0 Å². The molecule has 3 heterocycles. The highest BCUT2D eigenvalue weighted by atomic mass is 16.2. The van der Waals surface area contributed by atoms with Crippen molar-refractivity contribution in [3.63, 3.8) is 0 Å². The molecule has 0 aromatic carbocycles. The molecule has 0 bridgehead atoms. The minimum Gasteiger partial charge on any atom is -0.343 e. The van der Waals surface area contributed by atoms with E-state index in [9.17, 15) is 4.79 Å². The van der Waals surface area contributed by atoms with Crippen LogP contribution in [0.2, 0.25) is 0 Å². The summed E-state index contributed by atoms with van der Waals surface area (Å²) >= 11 is 0. The number of nitrogens with zero attached hydrogens (tertiary/aromatic N) is 2. The van der Waals surface area contributed by atoms with Crippen LogP contribution in [0.25, 0.3) is 0 Å². The zero-order valence-corrected chi connectivity index (χ0v) is 13.4. The zero-order chi connectivity index (χ0) is 14.5. The van der Waals surface area contributed by atoms with E-state index in [1.54, 1.807) is 0 Å². The lowest BCUT2D eigenvalue weighted by Gasteiger charge is -2.37. The molecule has 120 valence electrons. The molecule has 3 aliphatic heterocycles. The molecular formula is C17H31N3O. The fourth-order valence-corrected chi connectivity index (χ4v) is 4.21. The van der Waals surface area contributed by atoms with Gasteiger partial charge >= 0.3 is 0 Å². The van der Waals surface area contributed by atoms with Gasteiger partial charge in [-0.15, -0.1) is 0 Å². The van der Waals surface area contributed by atoms with Crippen molar-refractivity contribution in [3.05, 3.63) is 0 Å². The van der Waals surface area contributed by atoms with Crippen LogP contribution in [0.15, 0.2) is 0 Å². The predicted octanol–water partition coefficient (Wildman–Crippen LogP) is 2.00. The van der Waals surface area contributed by atoms with Crippen LogP contribution in [-0.2, 0) is 4.79 Å². The Balaban J connectivity index is 1.36. The molecule has 21 heavy (non-hydrogen) atoms. The molecule has 0 saturated carbocycles. The number of amides is 1. The first kappa shape index (κ1) is 15.3. The highest BCUT2D eigenvalue weighted by Crippen LogP contribution is 2.22. The summed E-state index contributed by atoms with van der Waals surface area (Å²) in [7, 11) is 0. The molecule has 0 radical (unpaired) electrons. The van der Waals surface area contributed by atoms with Crippen molar-refractivity contribution >= 4 is 5.91 Å². The van der Waals surface area contributed by atoms with Crippen LogP contribution in [0.1, 0.15) is 57.8 Å². The second-order valence-electron chi connectivity index (χ2n) is 7.04. The number of likely N-dealkylation sites (tertiary alicyclic amines) is 2. The van der Waals surface area contributed by atoms with Gasteiger partial charge in [-0.1, -0.05) is 6.42 Å². The van der Waals surface area contributed by atoms with Crippen molar-refractivity contribution in [2.45, 2.75) is 69.9 Å². The third kappa shape index (κ3) is 4.19. The summed E-state index contributed by atoms with van der Waals surface area (Å²) < 4.78 is 0. The largest absolute Gasteiger partial charge is 0.343 e. The first-order valence-electron chi connectivity index (χ1n) is 9.08. The minimum atomic E-state index is 0.391. The second-order valence-corrected chi connectivity index (χ2v) is 7.04. The quantitative estimate of drug-likeness (QED) is 0.861. The van der Waals surface area contributed by atoms with Gasteiger partial charge in [-0.25, -0.2) is 0 Å². The number of hydrogen-bond acceptors (Lipinski definition) is 3. The average molecular weight is 293 g/mol. The lowest BCUT2D eigenvalue weighted by Crippen LogP contribution is -2.46. The molecule has 3 fully saturated rings. The number of carbonyl (C=O) groups excluding carboxylic acids is 1. The van der Waals surface area contributed by atoms with E-state index in [0.29, 0.717) is 11.9 Å². The van der Waals surface area contributed by atoms with Gasteiger partial charge in [0.15, 0.2) is 0 Å². The molecule has 0 aromatic rings. The average Bonchev–Trinajstić information content (AvgIpc) is 3.08. The summed E-state index contributed by atoms with van der Waals surface area (Å²) in [6.07, 6.45) is 10.8. The molecule has 3 saturated heterocycles. The molecule has 0 aliphatic carbocycles. The number of rotatable bonds is 4. The Morgan fingerprint density at radius 2 is 1.71 bits per heavy atom. The van der Waals surface area contributed by atoms with Crippen LogP contribution in [-0.4, -0.2) is 60.5 Å².